The summed E-state index contributed by atoms with van der Waals surface area (Å²) in [5.74, 6) is 0.000895. The van der Waals surface area contributed by atoms with E-state index in [0.717, 1.165) is 29.7 Å². The van der Waals surface area contributed by atoms with Crippen LogP contribution in [-0.4, -0.2) is 62.2 Å². The highest BCUT2D eigenvalue weighted by molar-refractivity contribution is 6.42. The molecule has 0 unspecified atom stereocenters. The number of pyridine rings is 1. The molecule has 0 aliphatic rings. The summed E-state index contributed by atoms with van der Waals surface area (Å²) in [6.07, 6.45) is -0.773. The van der Waals surface area contributed by atoms with E-state index < -0.39 is 23.3 Å². The third kappa shape index (κ3) is 17.9. The molecule has 0 bridgehead atoms. The van der Waals surface area contributed by atoms with Crippen molar-refractivity contribution in [1.29, 1.82) is 0 Å². The number of hydrogen-bond acceptors (Lipinski definition) is 9. The zero-order valence-electron chi connectivity index (χ0n) is 29.2. The van der Waals surface area contributed by atoms with Crippen molar-refractivity contribution in [3.63, 3.8) is 0 Å². The maximum absolute atomic E-state index is 12.5. The van der Waals surface area contributed by atoms with Crippen molar-refractivity contribution in [2.75, 3.05) is 46.6 Å². The normalized spacial score (nSPS) is 10.3. The number of hydrogen-bond donors (Lipinski definition) is 4. The average Bonchev–Trinajstić information content (AvgIpc) is 3.13. The number of benzene rings is 3. The molecule has 17 heteroatoms. The number of carboxylic acids is 1. The molecule has 3 aromatic carbocycles. The van der Waals surface area contributed by atoms with Gasteiger partial charge in [-0.05, 0) is 93.5 Å². The number of aromatic carboxylic acids is 1. The molecular weight excluding hydrogens is 764 g/mol. The SMILES string of the molecule is COc1c(C(=O)O)ccn(C)c1=O.NCCCOc1ccc(Cl)cc1.NCCCOc1cccc(Cl)c1Cl.NCCCOc1ccccc1C(F)(F)F. The number of para-hydroxylation sites is 1. The van der Waals surface area contributed by atoms with Crippen molar-refractivity contribution >= 4 is 40.8 Å². The Balaban J connectivity index is 0.000000354. The summed E-state index contributed by atoms with van der Waals surface area (Å²) in [5, 5.41) is 10.4. The molecule has 0 aliphatic heterocycles. The van der Waals surface area contributed by atoms with Gasteiger partial charge in [0.2, 0.25) is 0 Å². The van der Waals surface area contributed by atoms with Crippen LogP contribution in [0, 0.1) is 0 Å². The fraction of sp³-hybridized carbons (Fsp3) is 0.333. The summed E-state index contributed by atoms with van der Waals surface area (Å²) in [6, 6.07) is 19.1. The lowest BCUT2D eigenvalue weighted by molar-refractivity contribution is -0.138. The van der Waals surface area contributed by atoms with Crippen LogP contribution in [0.25, 0.3) is 0 Å². The van der Waals surface area contributed by atoms with Crippen LogP contribution in [0.4, 0.5) is 13.2 Å². The molecule has 0 amide bonds. The van der Waals surface area contributed by atoms with Crippen molar-refractivity contribution in [3.05, 3.63) is 116 Å². The van der Waals surface area contributed by atoms with E-state index in [0.29, 0.717) is 55.1 Å². The Kier molecular flexibility index (Phi) is 22.7. The first-order valence-electron chi connectivity index (χ1n) is 16.0. The van der Waals surface area contributed by atoms with Gasteiger partial charge in [0.05, 0.1) is 37.5 Å². The minimum atomic E-state index is -4.38. The summed E-state index contributed by atoms with van der Waals surface area (Å²) in [6.45, 7) is 3.10. The Hall–Kier alpha value is -4.18. The predicted octanol–water partition coefficient (Wildman–Crippen LogP) is 7.31. The third-order valence-electron chi connectivity index (χ3n) is 6.41. The highest BCUT2D eigenvalue weighted by atomic mass is 35.5. The van der Waals surface area contributed by atoms with Gasteiger partial charge in [-0.3, -0.25) is 4.79 Å². The van der Waals surface area contributed by atoms with Crippen molar-refractivity contribution in [2.45, 2.75) is 25.4 Å². The molecule has 7 N–H and O–H groups in total. The maximum Gasteiger partial charge on any atom is 0.419 e. The van der Waals surface area contributed by atoms with Crippen LogP contribution in [0.15, 0.2) is 83.8 Å². The number of carboxylic acid groups (broad SMARTS) is 1. The average molecular weight is 808 g/mol. The summed E-state index contributed by atoms with van der Waals surface area (Å²) in [7, 11) is 2.79. The topological polar surface area (TPSA) is 174 Å². The molecule has 0 saturated heterocycles. The molecule has 53 heavy (non-hydrogen) atoms. The molecule has 0 radical (unpaired) electrons. The van der Waals surface area contributed by atoms with Crippen molar-refractivity contribution in [3.8, 4) is 23.0 Å². The molecule has 0 saturated carbocycles. The van der Waals surface area contributed by atoms with E-state index in [1.807, 2.05) is 12.1 Å². The first-order chi connectivity index (χ1) is 25.2. The lowest BCUT2D eigenvalue weighted by Crippen LogP contribution is -2.20. The monoisotopic (exact) mass is 806 g/mol. The Labute approximate surface area is 321 Å². The minimum absolute atomic E-state index is 0.120. The van der Waals surface area contributed by atoms with Gasteiger partial charge in [-0.2, -0.15) is 13.2 Å². The Morgan fingerprint density at radius 2 is 1.30 bits per heavy atom. The largest absolute Gasteiger partial charge is 0.494 e. The molecule has 4 rings (SSSR count). The molecule has 1 heterocycles. The third-order valence-corrected chi connectivity index (χ3v) is 7.46. The van der Waals surface area contributed by atoms with Gasteiger partial charge in [-0.1, -0.05) is 53.0 Å². The number of carbonyl (C=O) groups is 1. The summed E-state index contributed by atoms with van der Waals surface area (Å²) in [5.41, 5.74) is 14.5. The highest BCUT2D eigenvalue weighted by Crippen LogP contribution is 2.36. The smallest absolute Gasteiger partial charge is 0.419 e. The van der Waals surface area contributed by atoms with Crippen LogP contribution in [0.5, 0.6) is 23.0 Å². The zero-order valence-corrected chi connectivity index (χ0v) is 31.5. The number of halogens is 6. The molecule has 1 aromatic heterocycles. The summed E-state index contributed by atoms with van der Waals surface area (Å²) in [4.78, 5) is 21.9. The van der Waals surface area contributed by atoms with Crippen LogP contribution >= 0.6 is 34.8 Å². The van der Waals surface area contributed by atoms with Crippen LogP contribution in [0.1, 0.15) is 35.2 Å². The van der Waals surface area contributed by atoms with Gasteiger partial charge in [0.1, 0.15) is 27.8 Å². The van der Waals surface area contributed by atoms with Gasteiger partial charge in [0.15, 0.2) is 5.75 Å². The quantitative estimate of drug-likeness (QED) is 0.0946. The predicted molar refractivity (Wildman–Crippen MR) is 202 cm³/mol. The van der Waals surface area contributed by atoms with Gasteiger partial charge in [0, 0.05) is 18.3 Å². The van der Waals surface area contributed by atoms with Crippen molar-refractivity contribution < 1.29 is 42.0 Å². The van der Waals surface area contributed by atoms with Gasteiger partial charge in [-0.25, -0.2) is 4.79 Å². The molecule has 0 spiro atoms. The lowest BCUT2D eigenvalue weighted by Gasteiger charge is -2.13. The summed E-state index contributed by atoms with van der Waals surface area (Å²) >= 11 is 17.4. The van der Waals surface area contributed by atoms with E-state index in [2.05, 4.69) is 0 Å². The van der Waals surface area contributed by atoms with Crippen LogP contribution in [0.2, 0.25) is 15.1 Å². The fourth-order valence-corrected chi connectivity index (χ4v) is 4.20. The first-order valence-corrected chi connectivity index (χ1v) is 17.2. The van der Waals surface area contributed by atoms with E-state index in [1.54, 1.807) is 30.3 Å². The standard InChI is InChI=1S/C10H12F3NO.C9H11Cl2NO.C9H12ClNO.C8H9NO4/c11-10(12,13)8-4-1-2-5-9(8)15-7-3-6-14;10-7-3-1-4-8(9(7)11)13-6-2-5-12;10-8-2-4-9(5-3-8)12-7-1-6-11;1-9-4-3-5(8(11)12)6(13-2)7(9)10/h1-2,4-5H,3,6-7,14H2;1,3-4H,2,5-6,12H2;2-5H,1,6-7,11H2;3-4H,1-2H3,(H,11,12). The maximum atomic E-state index is 12.5. The Morgan fingerprint density at radius 1 is 0.774 bits per heavy atom. The number of rotatable bonds is 14. The fourth-order valence-electron chi connectivity index (χ4n) is 3.73. The molecule has 4 aromatic rings. The first kappa shape index (κ1) is 46.8. The molecule has 11 nitrogen and oxygen atoms in total. The second-order valence-electron chi connectivity index (χ2n) is 10.5. The van der Waals surface area contributed by atoms with E-state index in [4.69, 9.17) is 76.1 Å². The van der Waals surface area contributed by atoms with Gasteiger partial charge in [-0.15, -0.1) is 0 Å². The van der Waals surface area contributed by atoms with E-state index in [9.17, 15) is 22.8 Å². The highest BCUT2D eigenvalue weighted by Gasteiger charge is 2.33. The number of nitrogens with two attached hydrogens (primary N) is 3. The number of alkyl halides is 3. The zero-order chi connectivity index (χ0) is 39.8. The number of ether oxygens (including phenoxy) is 4. The van der Waals surface area contributed by atoms with Crippen LogP contribution < -0.4 is 41.7 Å². The molecular formula is C36H44Cl3F3N4O7. The number of nitrogens with zero attached hydrogens (tertiary/aromatic N) is 1. The van der Waals surface area contributed by atoms with Crippen LogP contribution in [0.3, 0.4) is 0 Å². The molecule has 0 fully saturated rings. The summed E-state index contributed by atoms with van der Waals surface area (Å²) < 4.78 is 59.0. The number of methoxy groups -OCH3 is 1. The number of aromatic nitrogens is 1. The second-order valence-corrected chi connectivity index (χ2v) is 11.7. The molecule has 0 aliphatic carbocycles. The van der Waals surface area contributed by atoms with Crippen molar-refractivity contribution in [1.82, 2.24) is 4.57 Å². The Morgan fingerprint density at radius 3 is 1.83 bits per heavy atom. The second kappa shape index (κ2) is 25.7. The van der Waals surface area contributed by atoms with E-state index in [-0.39, 0.29) is 23.7 Å². The minimum Gasteiger partial charge on any atom is -0.494 e. The van der Waals surface area contributed by atoms with Gasteiger partial charge in [0.25, 0.3) is 5.56 Å². The van der Waals surface area contributed by atoms with Crippen LogP contribution in [-0.2, 0) is 13.2 Å². The molecule has 292 valence electrons. The van der Waals surface area contributed by atoms with Crippen molar-refractivity contribution in [2.24, 2.45) is 24.2 Å². The number of aryl methyl sites for hydroxylation is 1. The van der Waals surface area contributed by atoms with Gasteiger partial charge < -0.3 is 45.8 Å². The van der Waals surface area contributed by atoms with E-state index >= 15 is 0 Å². The molecule has 0 atom stereocenters. The van der Waals surface area contributed by atoms with Gasteiger partial charge >= 0.3 is 12.1 Å². The Bertz CT molecular complexity index is 1710. The van der Waals surface area contributed by atoms with E-state index in [1.165, 1.54) is 49.2 Å². The lowest BCUT2D eigenvalue weighted by atomic mass is 10.2.